The average Bonchev–Trinajstić information content (AvgIpc) is 2.80. The Bertz CT molecular complexity index is 1050. The second kappa shape index (κ2) is 8.73. The van der Waals surface area contributed by atoms with Gasteiger partial charge in [0, 0.05) is 36.5 Å². The molecule has 0 N–H and O–H groups in total. The first-order valence-corrected chi connectivity index (χ1v) is 9.89. The first kappa shape index (κ1) is 19.6. The molecule has 2 heterocycles. The number of aromatic nitrogens is 1. The summed E-state index contributed by atoms with van der Waals surface area (Å²) >= 11 is 0. The van der Waals surface area contributed by atoms with Crippen molar-refractivity contribution < 1.29 is 14.5 Å². The van der Waals surface area contributed by atoms with Gasteiger partial charge in [-0.05, 0) is 43.5 Å². The second-order valence-electron chi connectivity index (χ2n) is 7.11. The number of piperidine rings is 1. The standard InChI is InChI=1S/C23H21N3O4/c27-22(17-7-3-1-4-8-17)18-9-11-19(12-10-18)30-20-13-14-24-23(21(20)26(28)29)25-15-5-2-6-16-25/h1,3-4,7-14H,2,5-6,15-16H2. The molecule has 1 fully saturated rings. The number of benzene rings is 2. The number of anilines is 1. The Morgan fingerprint density at radius 3 is 2.27 bits per heavy atom. The van der Waals surface area contributed by atoms with E-state index in [-0.39, 0.29) is 17.2 Å². The van der Waals surface area contributed by atoms with E-state index in [2.05, 4.69) is 4.98 Å². The summed E-state index contributed by atoms with van der Waals surface area (Å²) in [6.45, 7) is 1.49. The molecule has 0 atom stereocenters. The van der Waals surface area contributed by atoms with E-state index in [1.165, 1.54) is 12.3 Å². The van der Waals surface area contributed by atoms with Gasteiger partial charge in [0.05, 0.1) is 4.92 Å². The van der Waals surface area contributed by atoms with Crippen molar-refractivity contribution in [3.05, 3.63) is 88.1 Å². The lowest BCUT2D eigenvalue weighted by atomic mass is 10.0. The number of ether oxygens (including phenoxy) is 1. The number of rotatable bonds is 6. The Balaban J connectivity index is 1.58. The predicted molar refractivity (Wildman–Crippen MR) is 113 cm³/mol. The van der Waals surface area contributed by atoms with Crippen molar-refractivity contribution >= 4 is 17.3 Å². The third kappa shape index (κ3) is 4.15. The molecule has 3 aromatic rings. The van der Waals surface area contributed by atoms with Gasteiger partial charge in [0.25, 0.3) is 0 Å². The van der Waals surface area contributed by atoms with Crippen molar-refractivity contribution in [3.63, 3.8) is 0 Å². The van der Waals surface area contributed by atoms with Crippen molar-refractivity contribution in [3.8, 4) is 11.5 Å². The molecule has 0 spiro atoms. The van der Waals surface area contributed by atoms with E-state index in [1.54, 1.807) is 36.4 Å². The maximum Gasteiger partial charge on any atom is 0.353 e. The molecule has 1 aliphatic rings. The maximum absolute atomic E-state index is 12.5. The van der Waals surface area contributed by atoms with E-state index in [0.29, 0.717) is 22.7 Å². The van der Waals surface area contributed by atoms with Crippen LogP contribution in [0.25, 0.3) is 0 Å². The number of nitrogens with zero attached hydrogens (tertiary/aromatic N) is 3. The Morgan fingerprint density at radius 1 is 0.933 bits per heavy atom. The van der Waals surface area contributed by atoms with Crippen molar-refractivity contribution in [2.45, 2.75) is 19.3 Å². The smallest absolute Gasteiger partial charge is 0.353 e. The number of ketones is 1. The molecule has 0 aliphatic carbocycles. The highest BCUT2D eigenvalue weighted by molar-refractivity contribution is 6.08. The summed E-state index contributed by atoms with van der Waals surface area (Å²) in [6, 6.07) is 17.1. The fraction of sp³-hybridized carbons (Fsp3) is 0.217. The summed E-state index contributed by atoms with van der Waals surface area (Å²) in [4.78, 5) is 30.1. The molecule has 2 aromatic carbocycles. The lowest BCUT2D eigenvalue weighted by molar-refractivity contribution is -0.385. The second-order valence-corrected chi connectivity index (χ2v) is 7.11. The van der Waals surface area contributed by atoms with Gasteiger partial charge in [-0.25, -0.2) is 4.98 Å². The summed E-state index contributed by atoms with van der Waals surface area (Å²) in [5.41, 5.74) is 0.984. The fourth-order valence-electron chi connectivity index (χ4n) is 3.57. The Hall–Kier alpha value is -3.74. The van der Waals surface area contributed by atoms with E-state index in [4.69, 9.17) is 4.74 Å². The van der Waals surface area contributed by atoms with Crippen LogP contribution >= 0.6 is 0 Å². The van der Waals surface area contributed by atoms with Crippen LogP contribution in [0.3, 0.4) is 0 Å². The van der Waals surface area contributed by atoms with Gasteiger partial charge in [0.15, 0.2) is 5.78 Å². The third-order valence-electron chi connectivity index (χ3n) is 5.09. The van der Waals surface area contributed by atoms with Crippen LogP contribution in [0, 0.1) is 10.1 Å². The predicted octanol–water partition coefficient (Wildman–Crippen LogP) is 5.00. The Labute approximate surface area is 174 Å². The van der Waals surface area contributed by atoms with Crippen LogP contribution in [0.1, 0.15) is 35.2 Å². The summed E-state index contributed by atoms with van der Waals surface area (Å²) in [5, 5.41) is 11.8. The molecule has 0 bridgehead atoms. The molecule has 1 aliphatic heterocycles. The Morgan fingerprint density at radius 2 is 1.60 bits per heavy atom. The topological polar surface area (TPSA) is 85.6 Å². The molecule has 0 saturated carbocycles. The van der Waals surface area contributed by atoms with E-state index in [1.807, 2.05) is 23.1 Å². The number of carbonyl (C=O) groups excluding carboxylic acids is 1. The molecule has 152 valence electrons. The summed E-state index contributed by atoms with van der Waals surface area (Å²) < 4.78 is 5.82. The number of carbonyl (C=O) groups is 1. The van der Waals surface area contributed by atoms with Crippen molar-refractivity contribution in [1.82, 2.24) is 4.98 Å². The van der Waals surface area contributed by atoms with E-state index >= 15 is 0 Å². The Kier molecular flexibility index (Phi) is 5.70. The molecule has 0 radical (unpaired) electrons. The maximum atomic E-state index is 12.5. The molecule has 7 nitrogen and oxygen atoms in total. The highest BCUT2D eigenvalue weighted by atomic mass is 16.6. The average molecular weight is 403 g/mol. The lowest BCUT2D eigenvalue weighted by Crippen LogP contribution is -2.30. The molecular formula is C23H21N3O4. The van der Waals surface area contributed by atoms with Crippen LogP contribution in [0.2, 0.25) is 0 Å². The van der Waals surface area contributed by atoms with Crippen LogP contribution in [0.4, 0.5) is 11.5 Å². The summed E-state index contributed by atoms with van der Waals surface area (Å²) in [6.07, 6.45) is 4.62. The molecule has 7 heteroatoms. The zero-order chi connectivity index (χ0) is 20.9. The minimum atomic E-state index is -0.445. The van der Waals surface area contributed by atoms with E-state index < -0.39 is 4.92 Å². The van der Waals surface area contributed by atoms with Crippen LogP contribution in [-0.2, 0) is 0 Å². The quantitative estimate of drug-likeness (QED) is 0.327. The number of nitro groups is 1. The molecule has 1 saturated heterocycles. The van der Waals surface area contributed by atoms with Crippen molar-refractivity contribution in [2.75, 3.05) is 18.0 Å². The van der Waals surface area contributed by atoms with Gasteiger partial charge in [-0.1, -0.05) is 30.3 Å². The molecule has 0 amide bonds. The van der Waals surface area contributed by atoms with Gasteiger partial charge in [-0.15, -0.1) is 0 Å². The van der Waals surface area contributed by atoms with Crippen LogP contribution < -0.4 is 9.64 Å². The van der Waals surface area contributed by atoms with Gasteiger partial charge in [-0.2, -0.15) is 0 Å². The minimum Gasteiger partial charge on any atom is -0.450 e. The van der Waals surface area contributed by atoms with Crippen molar-refractivity contribution in [2.24, 2.45) is 0 Å². The summed E-state index contributed by atoms with van der Waals surface area (Å²) in [7, 11) is 0. The van der Waals surface area contributed by atoms with Crippen LogP contribution in [-0.4, -0.2) is 28.8 Å². The highest BCUT2D eigenvalue weighted by Crippen LogP contribution is 2.38. The zero-order valence-corrected chi connectivity index (χ0v) is 16.4. The normalized spacial score (nSPS) is 13.7. The van der Waals surface area contributed by atoms with Crippen LogP contribution in [0.15, 0.2) is 66.9 Å². The zero-order valence-electron chi connectivity index (χ0n) is 16.4. The molecule has 30 heavy (non-hydrogen) atoms. The molecule has 4 rings (SSSR count). The first-order chi connectivity index (χ1) is 14.6. The van der Waals surface area contributed by atoms with Gasteiger partial charge in [0.1, 0.15) is 5.75 Å². The van der Waals surface area contributed by atoms with Crippen molar-refractivity contribution in [1.29, 1.82) is 0 Å². The molecule has 1 aromatic heterocycles. The van der Waals surface area contributed by atoms with Gasteiger partial charge >= 0.3 is 5.69 Å². The SMILES string of the molecule is O=C(c1ccccc1)c1ccc(Oc2ccnc(N3CCCCC3)c2[N+](=O)[O-])cc1. The van der Waals surface area contributed by atoms with E-state index in [0.717, 1.165) is 32.4 Å². The van der Waals surface area contributed by atoms with E-state index in [9.17, 15) is 14.9 Å². The number of pyridine rings is 1. The fourth-order valence-corrected chi connectivity index (χ4v) is 3.57. The number of hydrogen-bond donors (Lipinski definition) is 0. The summed E-state index contributed by atoms with van der Waals surface area (Å²) in [5.74, 6) is 0.800. The van der Waals surface area contributed by atoms with Gasteiger partial charge in [-0.3, -0.25) is 14.9 Å². The monoisotopic (exact) mass is 403 g/mol. The third-order valence-corrected chi connectivity index (χ3v) is 5.09. The first-order valence-electron chi connectivity index (χ1n) is 9.89. The highest BCUT2D eigenvalue weighted by Gasteiger charge is 2.28. The molecule has 0 unspecified atom stereocenters. The largest absolute Gasteiger partial charge is 0.450 e. The lowest BCUT2D eigenvalue weighted by Gasteiger charge is -2.27. The number of hydrogen-bond acceptors (Lipinski definition) is 6. The minimum absolute atomic E-state index is 0.0931. The van der Waals surface area contributed by atoms with Crippen LogP contribution in [0.5, 0.6) is 11.5 Å². The molecular weight excluding hydrogens is 382 g/mol. The van der Waals surface area contributed by atoms with Gasteiger partial charge < -0.3 is 9.64 Å². The van der Waals surface area contributed by atoms with Gasteiger partial charge in [0.2, 0.25) is 11.6 Å².